The maximum Gasteiger partial charge on any atom is 0.502 e. The standard InChI is InChI=1S/C21HF15N2O7/c22-3-1-2(14(40)38(13(1)39)19(32)16(42)37-15(41)18(30,31)21(19,35)36)11(8(27)4(3)23)45-20(33,34)17(43)44-12-9(28)6(25)5(24)7(26)10(12)29/h(H,37,41,42). The molecule has 1 fully saturated rings. The van der Waals surface area contributed by atoms with Crippen LogP contribution in [0.5, 0.6) is 11.5 Å². The van der Waals surface area contributed by atoms with Crippen molar-refractivity contribution in [1.29, 1.82) is 0 Å². The zero-order valence-corrected chi connectivity index (χ0v) is 20.0. The number of ether oxygens (including phenoxy) is 2. The number of imide groups is 2. The summed E-state index contributed by atoms with van der Waals surface area (Å²) in [6.45, 7) is 0. The molecule has 0 bridgehead atoms. The van der Waals surface area contributed by atoms with Crippen LogP contribution in [0.2, 0.25) is 0 Å². The van der Waals surface area contributed by atoms with Gasteiger partial charge in [-0.3, -0.25) is 24.5 Å². The summed E-state index contributed by atoms with van der Waals surface area (Å²) in [5, 5.41) is 0.288. The molecule has 4 amide bonds. The first-order valence-corrected chi connectivity index (χ1v) is 10.6. The van der Waals surface area contributed by atoms with E-state index in [0.717, 1.165) is 0 Å². The monoisotopic (exact) mass is 678 g/mol. The molecular weight excluding hydrogens is 677 g/mol. The Bertz CT molecular complexity index is 1750. The fourth-order valence-corrected chi connectivity index (χ4v) is 3.73. The van der Waals surface area contributed by atoms with Crippen molar-refractivity contribution >= 4 is 29.6 Å². The molecule has 45 heavy (non-hydrogen) atoms. The van der Waals surface area contributed by atoms with Gasteiger partial charge in [0, 0.05) is 0 Å². The normalized spacial score (nSPS) is 20.7. The molecule has 242 valence electrons. The van der Waals surface area contributed by atoms with E-state index in [0.29, 0.717) is 0 Å². The second-order valence-electron chi connectivity index (χ2n) is 8.43. The van der Waals surface area contributed by atoms with Gasteiger partial charge in [0.15, 0.2) is 17.4 Å². The van der Waals surface area contributed by atoms with Crippen LogP contribution in [-0.2, 0) is 14.4 Å². The second kappa shape index (κ2) is 9.72. The predicted molar refractivity (Wildman–Crippen MR) is 101 cm³/mol. The molecule has 4 rings (SSSR count). The van der Waals surface area contributed by atoms with Gasteiger partial charge in [-0.2, -0.15) is 39.5 Å². The highest BCUT2D eigenvalue weighted by Crippen LogP contribution is 2.52. The summed E-state index contributed by atoms with van der Waals surface area (Å²) in [5.74, 6) is -65.5. The zero-order valence-electron chi connectivity index (χ0n) is 20.0. The molecule has 0 spiro atoms. The maximum atomic E-state index is 15.5. The molecule has 0 aliphatic carbocycles. The maximum absolute atomic E-state index is 15.5. The highest BCUT2D eigenvalue weighted by atomic mass is 19.3. The van der Waals surface area contributed by atoms with E-state index < -0.39 is 127 Å². The molecule has 2 heterocycles. The molecule has 2 aromatic carbocycles. The predicted octanol–water partition coefficient (Wildman–Crippen LogP) is 3.57. The number of hydrogen-bond acceptors (Lipinski definition) is 7. The van der Waals surface area contributed by atoms with E-state index in [1.165, 1.54) is 0 Å². The third kappa shape index (κ3) is 4.09. The van der Waals surface area contributed by atoms with Gasteiger partial charge in [0.05, 0.1) is 5.56 Å². The molecule has 1 N–H and O–H groups in total. The number of halogens is 15. The molecule has 0 aromatic heterocycles. The number of carbonyl (C=O) groups excluding carboxylic acids is 5. The third-order valence-corrected chi connectivity index (χ3v) is 5.88. The molecule has 1 unspecified atom stereocenters. The van der Waals surface area contributed by atoms with E-state index in [4.69, 9.17) is 0 Å². The number of benzene rings is 2. The Morgan fingerprint density at radius 3 is 1.56 bits per heavy atom. The lowest BCUT2D eigenvalue weighted by Crippen LogP contribution is -2.79. The van der Waals surface area contributed by atoms with Gasteiger partial charge >= 0.3 is 35.6 Å². The summed E-state index contributed by atoms with van der Waals surface area (Å²) in [5.41, 5.74) is -5.21. The van der Waals surface area contributed by atoms with E-state index in [-0.39, 0.29) is 5.32 Å². The highest BCUT2D eigenvalue weighted by molar-refractivity contribution is 6.25. The van der Waals surface area contributed by atoms with Crippen LogP contribution in [-0.4, -0.2) is 58.2 Å². The van der Waals surface area contributed by atoms with Crippen molar-refractivity contribution < 1.29 is 99.3 Å². The van der Waals surface area contributed by atoms with Crippen LogP contribution < -0.4 is 14.8 Å². The van der Waals surface area contributed by atoms with Crippen molar-refractivity contribution in [2.24, 2.45) is 0 Å². The van der Waals surface area contributed by atoms with E-state index in [1.54, 1.807) is 0 Å². The number of piperidine rings is 1. The summed E-state index contributed by atoms with van der Waals surface area (Å²) in [4.78, 5) is 58.2. The third-order valence-electron chi connectivity index (χ3n) is 5.88. The smallest absolute Gasteiger partial charge is 0.420 e. The lowest BCUT2D eigenvalue weighted by atomic mass is 9.93. The molecule has 1 saturated heterocycles. The Kier molecular flexibility index (Phi) is 7.09. The second-order valence-corrected chi connectivity index (χ2v) is 8.43. The van der Waals surface area contributed by atoms with E-state index >= 15 is 4.39 Å². The Morgan fingerprint density at radius 2 is 1.04 bits per heavy atom. The number of rotatable bonds is 5. The fraction of sp³-hybridized carbons (Fsp3) is 0.190. The number of fused-ring (bicyclic) bond motifs is 1. The average molecular weight is 678 g/mol. The van der Waals surface area contributed by atoms with Gasteiger partial charge in [-0.15, -0.1) is 0 Å². The number of nitrogens with one attached hydrogen (secondary N) is 1. The van der Waals surface area contributed by atoms with Crippen LogP contribution in [0.25, 0.3) is 0 Å². The topological polar surface area (TPSA) is 119 Å². The van der Waals surface area contributed by atoms with Crippen molar-refractivity contribution in [2.45, 2.75) is 23.7 Å². The summed E-state index contributed by atoms with van der Waals surface area (Å²) < 4.78 is 218. The highest BCUT2D eigenvalue weighted by Gasteiger charge is 2.84. The molecule has 0 radical (unpaired) electrons. The van der Waals surface area contributed by atoms with Gasteiger partial charge in [-0.25, -0.2) is 36.0 Å². The van der Waals surface area contributed by atoms with Crippen molar-refractivity contribution in [2.75, 3.05) is 0 Å². The summed E-state index contributed by atoms with van der Waals surface area (Å²) in [6, 6.07) is 0. The van der Waals surface area contributed by atoms with E-state index in [2.05, 4.69) is 9.47 Å². The van der Waals surface area contributed by atoms with Crippen LogP contribution in [0.4, 0.5) is 65.9 Å². The molecule has 1 atom stereocenters. The summed E-state index contributed by atoms with van der Waals surface area (Å²) in [7, 11) is 0. The largest absolute Gasteiger partial charge is 0.502 e. The first-order valence-electron chi connectivity index (χ1n) is 10.6. The Morgan fingerprint density at radius 1 is 0.622 bits per heavy atom. The first kappa shape index (κ1) is 32.8. The summed E-state index contributed by atoms with van der Waals surface area (Å²) >= 11 is 0. The number of nitrogens with zero attached hydrogens (tertiary/aromatic N) is 1. The molecule has 2 aliphatic rings. The number of esters is 1. The molecule has 2 aromatic rings. The van der Waals surface area contributed by atoms with Gasteiger partial charge in [0.25, 0.3) is 17.7 Å². The fourth-order valence-electron chi connectivity index (χ4n) is 3.73. The minimum Gasteiger partial charge on any atom is -0.420 e. The van der Waals surface area contributed by atoms with Gasteiger partial charge in [0.1, 0.15) is 5.56 Å². The molecule has 9 nitrogen and oxygen atoms in total. The minimum atomic E-state index is -6.77. The lowest BCUT2D eigenvalue weighted by molar-refractivity contribution is -0.284. The zero-order chi connectivity index (χ0) is 34.5. The molecule has 24 heteroatoms. The Labute approximate surface area is 233 Å². The van der Waals surface area contributed by atoms with Crippen LogP contribution in [0, 0.1) is 46.5 Å². The van der Waals surface area contributed by atoms with Gasteiger partial charge in [-0.05, 0) is 0 Å². The Hall–Kier alpha value is -5.06. The van der Waals surface area contributed by atoms with Crippen molar-refractivity contribution in [3.8, 4) is 11.5 Å². The SMILES string of the molecule is O=C1c2c(F)c(F)c(F)c(OC(F)(F)C(=O)Oc3c(F)c(F)c(F)c(F)c3F)c2C(=O)N1C1(F)C(=O)NC(=O)C(F)(F)C1(F)F. The van der Waals surface area contributed by atoms with Crippen molar-refractivity contribution in [3.05, 3.63) is 57.7 Å². The molecule has 0 saturated carbocycles. The minimum absolute atomic E-state index is 0.288. The van der Waals surface area contributed by atoms with Gasteiger partial charge < -0.3 is 9.47 Å². The van der Waals surface area contributed by atoms with E-state index in [1.807, 2.05) is 0 Å². The number of carbonyl (C=O) groups is 5. The summed E-state index contributed by atoms with van der Waals surface area (Å²) in [6.07, 6.45) is -6.14. The lowest BCUT2D eigenvalue weighted by Gasteiger charge is -2.42. The van der Waals surface area contributed by atoms with E-state index in [9.17, 15) is 85.4 Å². The van der Waals surface area contributed by atoms with Crippen molar-refractivity contribution in [1.82, 2.24) is 10.2 Å². The number of amides is 4. The first-order chi connectivity index (χ1) is 20.4. The van der Waals surface area contributed by atoms with Gasteiger partial charge in [-0.1, -0.05) is 0 Å². The number of alkyl halides is 7. The Balaban J connectivity index is 1.84. The van der Waals surface area contributed by atoms with Crippen LogP contribution in [0.15, 0.2) is 0 Å². The molecular formula is C21HF15N2O7. The number of hydrogen-bond donors (Lipinski definition) is 1. The quantitative estimate of drug-likeness (QED) is 0.0978. The van der Waals surface area contributed by atoms with Crippen LogP contribution in [0.1, 0.15) is 20.7 Å². The molecule has 2 aliphatic heterocycles. The van der Waals surface area contributed by atoms with Crippen molar-refractivity contribution in [3.63, 3.8) is 0 Å². The van der Waals surface area contributed by atoms with Crippen LogP contribution >= 0.6 is 0 Å². The van der Waals surface area contributed by atoms with Crippen LogP contribution in [0.3, 0.4) is 0 Å². The van der Waals surface area contributed by atoms with Gasteiger partial charge in [0.2, 0.25) is 40.7 Å². The average Bonchev–Trinajstić information content (AvgIpc) is 3.22.